The third kappa shape index (κ3) is 2.35. The molecule has 2 atom stereocenters. The van der Waals surface area contributed by atoms with Gasteiger partial charge in [-0.15, -0.1) is 22.7 Å². The average molecular weight is 328 g/mol. The highest BCUT2D eigenvalue weighted by atomic mass is 32.1. The Labute approximate surface area is 137 Å². The van der Waals surface area contributed by atoms with E-state index in [1.165, 1.54) is 16.0 Å². The Morgan fingerprint density at radius 2 is 2.09 bits per heavy atom. The third-order valence-electron chi connectivity index (χ3n) is 4.03. The largest absolute Gasteiger partial charge is 0.496 e. The van der Waals surface area contributed by atoms with Crippen LogP contribution in [-0.4, -0.2) is 12.1 Å². The zero-order chi connectivity index (χ0) is 14.9. The van der Waals surface area contributed by atoms with Crippen molar-refractivity contribution in [2.75, 3.05) is 7.11 Å². The summed E-state index contributed by atoms with van der Waals surface area (Å²) in [5, 5.41) is 9.14. The molecular weight excluding hydrogens is 312 g/mol. The fourth-order valence-electron chi connectivity index (χ4n) is 3.03. The molecule has 0 saturated heterocycles. The lowest BCUT2D eigenvalue weighted by Gasteiger charge is -2.31. The first-order valence-corrected chi connectivity index (χ1v) is 8.97. The summed E-state index contributed by atoms with van der Waals surface area (Å²) < 4.78 is 5.57. The average Bonchev–Trinajstić information content (AvgIpc) is 3.24. The van der Waals surface area contributed by atoms with E-state index in [4.69, 9.17) is 4.74 Å². The van der Waals surface area contributed by atoms with Gasteiger partial charge in [0.2, 0.25) is 0 Å². The van der Waals surface area contributed by atoms with Crippen molar-refractivity contribution in [3.8, 4) is 5.75 Å². The number of methoxy groups -OCH3 is 1. The third-order valence-corrected chi connectivity index (χ3v) is 5.95. The summed E-state index contributed by atoms with van der Waals surface area (Å²) >= 11 is 3.52. The first kappa shape index (κ1) is 13.9. The number of nitrogens with zero attached hydrogens (tertiary/aromatic N) is 1. The molecule has 5 heteroatoms. The Morgan fingerprint density at radius 3 is 2.91 bits per heavy atom. The summed E-state index contributed by atoms with van der Waals surface area (Å²) in [6.45, 7) is 0. The number of aromatic nitrogens is 1. The summed E-state index contributed by atoms with van der Waals surface area (Å²) in [6, 6.07) is 10.9. The van der Waals surface area contributed by atoms with E-state index in [0.29, 0.717) is 0 Å². The molecule has 2 aromatic heterocycles. The number of ether oxygens (including phenoxy) is 1. The molecular formula is C17H16N2OS2. The number of hydrogen-bond acceptors (Lipinski definition) is 5. The summed E-state index contributed by atoms with van der Waals surface area (Å²) in [7, 11) is 1.73. The smallest absolute Gasteiger partial charge is 0.124 e. The number of fused-ring (bicyclic) bond motifs is 1. The molecule has 1 N–H and O–H groups in total. The number of hydrogen-bond donors (Lipinski definition) is 1. The maximum Gasteiger partial charge on any atom is 0.124 e. The maximum atomic E-state index is 5.57. The lowest BCUT2D eigenvalue weighted by molar-refractivity contribution is 0.393. The number of para-hydroxylation sites is 1. The molecule has 112 valence electrons. The van der Waals surface area contributed by atoms with Gasteiger partial charge in [-0.05, 0) is 29.5 Å². The molecule has 0 radical (unpaired) electrons. The molecule has 0 unspecified atom stereocenters. The van der Waals surface area contributed by atoms with E-state index in [9.17, 15) is 0 Å². The molecule has 0 saturated carbocycles. The summed E-state index contributed by atoms with van der Waals surface area (Å²) in [5.74, 6) is 0.930. The molecule has 0 spiro atoms. The quantitative estimate of drug-likeness (QED) is 0.783. The van der Waals surface area contributed by atoms with E-state index >= 15 is 0 Å². The number of thiophene rings is 1. The predicted molar refractivity (Wildman–Crippen MR) is 90.9 cm³/mol. The topological polar surface area (TPSA) is 34.1 Å². The molecule has 1 aliphatic rings. The van der Waals surface area contributed by atoms with Gasteiger partial charge in [0.1, 0.15) is 10.8 Å². The Bertz CT molecular complexity index is 767. The van der Waals surface area contributed by atoms with Crippen LogP contribution < -0.4 is 10.1 Å². The molecule has 3 aromatic rings. The van der Waals surface area contributed by atoms with Crippen LogP contribution in [0, 0.1) is 0 Å². The van der Waals surface area contributed by atoms with Gasteiger partial charge < -0.3 is 4.74 Å². The minimum absolute atomic E-state index is 0.161. The summed E-state index contributed by atoms with van der Waals surface area (Å²) in [5.41, 5.74) is 2.61. The molecule has 1 aliphatic heterocycles. The highest BCUT2D eigenvalue weighted by Gasteiger charge is 2.31. The van der Waals surface area contributed by atoms with E-state index in [2.05, 4.69) is 33.9 Å². The van der Waals surface area contributed by atoms with Gasteiger partial charge in [-0.2, -0.15) is 0 Å². The van der Waals surface area contributed by atoms with Gasteiger partial charge in [-0.25, -0.2) is 4.98 Å². The van der Waals surface area contributed by atoms with Crippen LogP contribution in [0.5, 0.6) is 5.75 Å². The Balaban J connectivity index is 1.78. The van der Waals surface area contributed by atoms with E-state index in [1.54, 1.807) is 18.4 Å². The molecule has 3 heterocycles. The fourth-order valence-corrected chi connectivity index (χ4v) is 4.74. The SMILES string of the molecule is COc1ccccc1[C@@H]1N[C@H](c2nccs2)Cc2ccsc21. The number of benzene rings is 1. The predicted octanol–water partition coefficient (Wildman–Crippen LogP) is 4.19. The molecule has 22 heavy (non-hydrogen) atoms. The van der Waals surface area contributed by atoms with Crippen molar-refractivity contribution in [3.63, 3.8) is 0 Å². The van der Waals surface area contributed by atoms with Crippen molar-refractivity contribution in [2.45, 2.75) is 18.5 Å². The second-order valence-electron chi connectivity index (χ2n) is 5.28. The second kappa shape index (κ2) is 5.83. The van der Waals surface area contributed by atoms with E-state index in [1.807, 2.05) is 35.0 Å². The highest BCUT2D eigenvalue weighted by Crippen LogP contribution is 2.41. The van der Waals surface area contributed by atoms with Crippen molar-refractivity contribution in [3.05, 3.63) is 68.3 Å². The van der Waals surface area contributed by atoms with Gasteiger partial charge in [0.15, 0.2) is 0 Å². The lowest BCUT2D eigenvalue weighted by atomic mass is 9.93. The van der Waals surface area contributed by atoms with Crippen molar-refractivity contribution in [2.24, 2.45) is 0 Å². The second-order valence-corrected chi connectivity index (χ2v) is 7.15. The van der Waals surface area contributed by atoms with Gasteiger partial charge in [-0.3, -0.25) is 5.32 Å². The van der Waals surface area contributed by atoms with Crippen LogP contribution in [-0.2, 0) is 6.42 Å². The summed E-state index contributed by atoms with van der Waals surface area (Å²) in [6.07, 6.45) is 2.88. The Morgan fingerprint density at radius 1 is 1.18 bits per heavy atom. The Hall–Kier alpha value is -1.69. The van der Waals surface area contributed by atoms with Crippen molar-refractivity contribution in [1.29, 1.82) is 0 Å². The van der Waals surface area contributed by atoms with Crippen LogP contribution in [0.2, 0.25) is 0 Å². The zero-order valence-corrected chi connectivity index (χ0v) is 13.8. The molecule has 4 rings (SSSR count). The van der Waals surface area contributed by atoms with Crippen LogP contribution in [0.3, 0.4) is 0 Å². The lowest BCUT2D eigenvalue weighted by Crippen LogP contribution is -2.33. The molecule has 0 fully saturated rings. The molecule has 0 aliphatic carbocycles. The van der Waals surface area contributed by atoms with E-state index in [0.717, 1.165) is 17.2 Å². The fraction of sp³-hybridized carbons (Fsp3) is 0.235. The Kier molecular flexibility index (Phi) is 3.70. The molecule has 1 aromatic carbocycles. The van der Waals surface area contributed by atoms with Gasteiger partial charge in [0, 0.05) is 22.0 Å². The molecule has 0 bridgehead atoms. The van der Waals surface area contributed by atoms with Gasteiger partial charge in [-0.1, -0.05) is 18.2 Å². The van der Waals surface area contributed by atoms with Crippen LogP contribution in [0.1, 0.15) is 33.1 Å². The maximum absolute atomic E-state index is 5.57. The van der Waals surface area contributed by atoms with Crippen LogP contribution in [0.4, 0.5) is 0 Å². The first-order valence-electron chi connectivity index (χ1n) is 7.21. The molecule has 3 nitrogen and oxygen atoms in total. The number of rotatable bonds is 3. The minimum Gasteiger partial charge on any atom is -0.496 e. The number of thiazole rings is 1. The van der Waals surface area contributed by atoms with Crippen LogP contribution in [0.25, 0.3) is 0 Å². The first-order chi connectivity index (χ1) is 10.9. The van der Waals surface area contributed by atoms with Crippen molar-refractivity contribution in [1.82, 2.24) is 10.3 Å². The summed E-state index contributed by atoms with van der Waals surface area (Å²) in [4.78, 5) is 5.88. The van der Waals surface area contributed by atoms with E-state index in [-0.39, 0.29) is 12.1 Å². The van der Waals surface area contributed by atoms with Crippen LogP contribution in [0.15, 0.2) is 47.3 Å². The van der Waals surface area contributed by atoms with Gasteiger partial charge in [0.05, 0.1) is 19.2 Å². The van der Waals surface area contributed by atoms with E-state index < -0.39 is 0 Å². The monoisotopic (exact) mass is 328 g/mol. The molecule has 0 amide bonds. The normalized spacial score (nSPS) is 20.6. The van der Waals surface area contributed by atoms with Gasteiger partial charge in [0.25, 0.3) is 0 Å². The standard InChI is InChI=1S/C17H16N2OS2/c1-20-14-5-3-2-4-12(14)15-16-11(6-8-21-16)10-13(19-15)17-18-7-9-22-17/h2-9,13,15,19H,10H2,1H3/t13-,15-/m0/s1. The van der Waals surface area contributed by atoms with Crippen molar-refractivity contribution >= 4 is 22.7 Å². The van der Waals surface area contributed by atoms with Gasteiger partial charge >= 0.3 is 0 Å². The zero-order valence-electron chi connectivity index (χ0n) is 12.2. The van der Waals surface area contributed by atoms with Crippen molar-refractivity contribution < 1.29 is 4.74 Å². The highest BCUT2D eigenvalue weighted by molar-refractivity contribution is 7.10. The number of nitrogens with one attached hydrogen (secondary N) is 1. The minimum atomic E-state index is 0.161. The van der Waals surface area contributed by atoms with Crippen LogP contribution >= 0.6 is 22.7 Å².